The summed E-state index contributed by atoms with van der Waals surface area (Å²) in [4.78, 5) is 22.4. The fourth-order valence-electron chi connectivity index (χ4n) is 2.19. The standard InChI is InChI=1S/C18H19NO4/c1-18(16(20)21,17(22)23)11-13-7-9-15(10-8-13)19-12-14-5-3-2-4-6-14/h2-10,19H,11-12H2,1H3,(H,20,21)(H,22,23). The van der Waals surface area contributed by atoms with E-state index >= 15 is 0 Å². The Labute approximate surface area is 134 Å². The highest BCUT2D eigenvalue weighted by atomic mass is 16.4. The van der Waals surface area contributed by atoms with Crippen molar-refractivity contribution in [1.82, 2.24) is 0 Å². The Hall–Kier alpha value is -2.82. The fraction of sp³-hybridized carbons (Fsp3) is 0.222. The van der Waals surface area contributed by atoms with Gasteiger partial charge in [0, 0.05) is 12.2 Å². The van der Waals surface area contributed by atoms with E-state index in [1.807, 2.05) is 42.5 Å². The van der Waals surface area contributed by atoms with Crippen LogP contribution in [0.25, 0.3) is 0 Å². The highest BCUT2D eigenvalue weighted by molar-refractivity contribution is 5.98. The van der Waals surface area contributed by atoms with E-state index in [0.29, 0.717) is 12.1 Å². The number of carboxylic acid groups (broad SMARTS) is 2. The third-order valence-corrected chi connectivity index (χ3v) is 3.80. The van der Waals surface area contributed by atoms with Gasteiger partial charge >= 0.3 is 11.9 Å². The zero-order chi connectivity index (χ0) is 16.9. The number of anilines is 1. The van der Waals surface area contributed by atoms with E-state index in [-0.39, 0.29) is 6.42 Å². The van der Waals surface area contributed by atoms with Gasteiger partial charge in [-0.1, -0.05) is 42.5 Å². The summed E-state index contributed by atoms with van der Waals surface area (Å²) in [6.07, 6.45) is -0.0589. The number of benzene rings is 2. The van der Waals surface area contributed by atoms with Gasteiger partial charge in [-0.15, -0.1) is 0 Å². The summed E-state index contributed by atoms with van der Waals surface area (Å²) in [5.41, 5.74) is 0.896. The molecule has 2 aromatic carbocycles. The van der Waals surface area contributed by atoms with Crippen LogP contribution in [0.2, 0.25) is 0 Å². The van der Waals surface area contributed by atoms with Crippen molar-refractivity contribution in [2.75, 3.05) is 5.32 Å². The molecule has 0 heterocycles. The lowest BCUT2D eigenvalue weighted by Crippen LogP contribution is -2.38. The third-order valence-electron chi connectivity index (χ3n) is 3.80. The van der Waals surface area contributed by atoms with Gasteiger partial charge < -0.3 is 15.5 Å². The van der Waals surface area contributed by atoms with E-state index in [4.69, 9.17) is 10.2 Å². The predicted octanol–water partition coefficient (Wildman–Crippen LogP) is 3.02. The second-order valence-corrected chi connectivity index (χ2v) is 5.66. The number of hydrogen-bond donors (Lipinski definition) is 3. The third kappa shape index (κ3) is 4.10. The maximum atomic E-state index is 11.2. The van der Waals surface area contributed by atoms with Gasteiger partial charge in [0.25, 0.3) is 0 Å². The fourth-order valence-corrected chi connectivity index (χ4v) is 2.19. The average Bonchev–Trinajstić information content (AvgIpc) is 2.54. The number of rotatable bonds is 7. The summed E-state index contributed by atoms with van der Waals surface area (Å²) < 4.78 is 0. The molecule has 0 saturated heterocycles. The number of nitrogens with one attached hydrogen (secondary N) is 1. The first-order chi connectivity index (χ1) is 10.9. The summed E-state index contributed by atoms with van der Waals surface area (Å²) >= 11 is 0. The summed E-state index contributed by atoms with van der Waals surface area (Å²) in [6.45, 7) is 1.90. The van der Waals surface area contributed by atoms with Gasteiger partial charge in [0.1, 0.15) is 0 Å². The Bertz CT molecular complexity index is 666. The Kier molecular flexibility index (Phi) is 5.01. The summed E-state index contributed by atoms with van der Waals surface area (Å²) in [6, 6.07) is 17.1. The molecule has 0 amide bonds. The van der Waals surface area contributed by atoms with Crippen LogP contribution in [0.1, 0.15) is 18.1 Å². The second-order valence-electron chi connectivity index (χ2n) is 5.66. The van der Waals surface area contributed by atoms with Crippen LogP contribution in [0.4, 0.5) is 5.69 Å². The molecule has 0 aliphatic heterocycles. The minimum atomic E-state index is -1.82. The first-order valence-electron chi connectivity index (χ1n) is 7.25. The molecular formula is C18H19NO4. The van der Waals surface area contributed by atoms with E-state index < -0.39 is 17.4 Å². The number of carbonyl (C=O) groups is 2. The average molecular weight is 313 g/mol. The van der Waals surface area contributed by atoms with Crippen molar-refractivity contribution in [3.05, 3.63) is 65.7 Å². The number of aliphatic carboxylic acids is 2. The Morgan fingerprint density at radius 2 is 1.48 bits per heavy atom. The maximum absolute atomic E-state index is 11.2. The van der Waals surface area contributed by atoms with Crippen molar-refractivity contribution >= 4 is 17.6 Å². The second kappa shape index (κ2) is 6.96. The molecule has 0 unspecified atom stereocenters. The lowest BCUT2D eigenvalue weighted by atomic mass is 9.84. The number of carboxylic acids is 2. The predicted molar refractivity (Wildman–Crippen MR) is 87.3 cm³/mol. The first kappa shape index (κ1) is 16.5. The van der Waals surface area contributed by atoms with Gasteiger partial charge in [-0.3, -0.25) is 9.59 Å². The van der Waals surface area contributed by atoms with Crippen LogP contribution in [-0.4, -0.2) is 22.2 Å². The summed E-state index contributed by atoms with van der Waals surface area (Å²) in [7, 11) is 0. The van der Waals surface area contributed by atoms with Crippen LogP contribution < -0.4 is 5.32 Å². The van der Waals surface area contributed by atoms with E-state index in [9.17, 15) is 9.59 Å². The molecule has 0 fully saturated rings. The molecule has 0 saturated carbocycles. The monoisotopic (exact) mass is 313 g/mol. The molecule has 3 N–H and O–H groups in total. The zero-order valence-corrected chi connectivity index (χ0v) is 12.8. The van der Waals surface area contributed by atoms with Gasteiger partial charge in [0.15, 0.2) is 5.41 Å². The number of hydrogen-bond acceptors (Lipinski definition) is 3. The van der Waals surface area contributed by atoms with Crippen molar-refractivity contribution in [3.63, 3.8) is 0 Å². The minimum absolute atomic E-state index is 0.0589. The molecule has 5 nitrogen and oxygen atoms in total. The lowest BCUT2D eigenvalue weighted by molar-refractivity contribution is -0.163. The van der Waals surface area contributed by atoms with Crippen molar-refractivity contribution in [2.24, 2.45) is 5.41 Å². The molecule has 0 spiro atoms. The molecule has 5 heteroatoms. The Morgan fingerprint density at radius 3 is 2.00 bits per heavy atom. The van der Waals surface area contributed by atoms with E-state index in [0.717, 1.165) is 11.3 Å². The molecule has 0 aliphatic rings. The van der Waals surface area contributed by atoms with Crippen LogP contribution in [0, 0.1) is 5.41 Å². The highest BCUT2D eigenvalue weighted by Crippen LogP contribution is 2.24. The van der Waals surface area contributed by atoms with Gasteiger partial charge in [-0.2, -0.15) is 0 Å². The summed E-state index contributed by atoms with van der Waals surface area (Å²) in [5, 5.41) is 21.5. The Morgan fingerprint density at radius 1 is 0.913 bits per heavy atom. The lowest BCUT2D eigenvalue weighted by Gasteiger charge is -2.19. The van der Waals surface area contributed by atoms with Gasteiger partial charge in [0.05, 0.1) is 0 Å². The van der Waals surface area contributed by atoms with Gasteiger partial charge in [-0.25, -0.2) is 0 Å². The first-order valence-corrected chi connectivity index (χ1v) is 7.25. The smallest absolute Gasteiger partial charge is 0.321 e. The van der Waals surface area contributed by atoms with E-state index in [2.05, 4.69) is 5.32 Å². The quantitative estimate of drug-likeness (QED) is 0.684. The molecule has 0 bridgehead atoms. The molecule has 0 radical (unpaired) electrons. The normalized spacial score (nSPS) is 11.0. The largest absolute Gasteiger partial charge is 0.480 e. The summed E-state index contributed by atoms with van der Waals surface area (Å²) in [5.74, 6) is -2.67. The van der Waals surface area contributed by atoms with E-state index in [1.54, 1.807) is 12.1 Å². The van der Waals surface area contributed by atoms with Crippen LogP contribution in [0.5, 0.6) is 0 Å². The highest BCUT2D eigenvalue weighted by Gasteiger charge is 2.41. The van der Waals surface area contributed by atoms with Gasteiger partial charge in [0.2, 0.25) is 0 Å². The minimum Gasteiger partial charge on any atom is -0.480 e. The van der Waals surface area contributed by atoms with Gasteiger partial charge in [-0.05, 0) is 36.6 Å². The van der Waals surface area contributed by atoms with Crippen LogP contribution in [0.3, 0.4) is 0 Å². The maximum Gasteiger partial charge on any atom is 0.321 e. The van der Waals surface area contributed by atoms with E-state index in [1.165, 1.54) is 6.92 Å². The molecule has 0 atom stereocenters. The van der Waals surface area contributed by atoms with Crippen molar-refractivity contribution in [2.45, 2.75) is 19.9 Å². The molecule has 23 heavy (non-hydrogen) atoms. The molecule has 0 aromatic heterocycles. The van der Waals surface area contributed by atoms with Crippen molar-refractivity contribution in [1.29, 1.82) is 0 Å². The molecule has 120 valence electrons. The molecule has 0 aliphatic carbocycles. The van der Waals surface area contributed by atoms with Crippen LogP contribution in [-0.2, 0) is 22.6 Å². The molecule has 2 aromatic rings. The SMILES string of the molecule is CC(Cc1ccc(NCc2ccccc2)cc1)(C(=O)O)C(=O)O. The molecular weight excluding hydrogens is 294 g/mol. The molecule has 2 rings (SSSR count). The topological polar surface area (TPSA) is 86.6 Å². The Balaban J connectivity index is 2.02. The van der Waals surface area contributed by atoms with Crippen LogP contribution in [0.15, 0.2) is 54.6 Å². The van der Waals surface area contributed by atoms with Crippen LogP contribution >= 0.6 is 0 Å². The van der Waals surface area contributed by atoms with Crippen molar-refractivity contribution < 1.29 is 19.8 Å². The zero-order valence-electron chi connectivity index (χ0n) is 12.8. The van der Waals surface area contributed by atoms with Crippen molar-refractivity contribution in [3.8, 4) is 0 Å².